The first-order chi connectivity index (χ1) is 30.0. The number of benzene rings is 5. The van der Waals surface area contributed by atoms with E-state index in [1.165, 1.54) is 18.5 Å². The maximum Gasteiger partial charge on any atom is 0.418 e. The Bertz CT molecular complexity index is 2560. The Balaban J connectivity index is 0.952. The van der Waals surface area contributed by atoms with Crippen molar-refractivity contribution in [2.75, 3.05) is 79.7 Å². The first-order valence-electron chi connectivity index (χ1n) is 20.5. The van der Waals surface area contributed by atoms with E-state index in [1.54, 1.807) is 17.8 Å². The van der Waals surface area contributed by atoms with Crippen LogP contribution in [0, 0.1) is 0 Å². The van der Waals surface area contributed by atoms with Gasteiger partial charge in [-0.15, -0.1) is 11.8 Å². The molecule has 1 unspecified atom stereocenters. The number of ether oxygens (including phenoxy) is 1. The van der Waals surface area contributed by atoms with Crippen LogP contribution in [-0.2, 0) is 27.5 Å². The van der Waals surface area contributed by atoms with Crippen LogP contribution in [-0.4, -0.2) is 99.0 Å². The molecule has 2 saturated heterocycles. The Morgan fingerprint density at radius 3 is 2.29 bits per heavy atom. The molecule has 0 spiro atoms. The van der Waals surface area contributed by atoms with Gasteiger partial charge in [0.1, 0.15) is 6.33 Å². The summed E-state index contributed by atoms with van der Waals surface area (Å²) in [6, 6.07) is 34.2. The second-order valence-electron chi connectivity index (χ2n) is 15.4. The van der Waals surface area contributed by atoms with E-state index in [0.717, 1.165) is 73.1 Å². The second kappa shape index (κ2) is 19.7. The summed E-state index contributed by atoms with van der Waals surface area (Å²) in [7, 11) is -4.50. The monoisotopic (exact) mass is 901 g/mol. The first-order valence-corrected chi connectivity index (χ1v) is 23.4. The number of morpholine rings is 1. The average Bonchev–Trinajstić information content (AvgIpc) is 3.28. The van der Waals surface area contributed by atoms with E-state index in [1.807, 2.05) is 72.8 Å². The Kier molecular flexibility index (Phi) is 13.9. The summed E-state index contributed by atoms with van der Waals surface area (Å²) in [6.07, 6.45) is -3.01. The molecule has 324 valence electrons. The number of anilines is 3. The van der Waals surface area contributed by atoms with Gasteiger partial charge in [-0.25, -0.2) is 18.4 Å². The van der Waals surface area contributed by atoms with Gasteiger partial charge < -0.3 is 15.0 Å². The molecule has 10 nitrogen and oxygen atoms in total. The SMILES string of the molecule is O=S(=O)(Nc1ncnc2cc(N3CCN(Cc4cc(Cl)ccc4-c4ccccc4)CC3)ccc12)c1ccc(NC(CCN2CCOCC2)CSc2ccccc2)c(C(F)(F)F)c1. The molecule has 5 aromatic carbocycles. The molecule has 2 aliphatic heterocycles. The van der Waals surface area contributed by atoms with Crippen LogP contribution in [0.25, 0.3) is 22.0 Å². The molecule has 0 aliphatic carbocycles. The normalized spacial score (nSPS) is 16.0. The minimum atomic E-state index is -4.83. The van der Waals surface area contributed by atoms with Crippen LogP contribution in [0.3, 0.4) is 0 Å². The van der Waals surface area contributed by atoms with Crippen molar-refractivity contribution in [2.45, 2.75) is 35.0 Å². The zero-order valence-corrected chi connectivity index (χ0v) is 36.3. The van der Waals surface area contributed by atoms with Gasteiger partial charge in [0.15, 0.2) is 5.82 Å². The van der Waals surface area contributed by atoms with Crippen molar-refractivity contribution < 1.29 is 26.3 Å². The van der Waals surface area contributed by atoms with Crippen molar-refractivity contribution in [3.05, 3.63) is 138 Å². The zero-order chi connectivity index (χ0) is 43.1. The summed E-state index contributed by atoms with van der Waals surface area (Å²) >= 11 is 7.98. The smallest absolute Gasteiger partial charge is 0.381 e. The average molecular weight is 903 g/mol. The van der Waals surface area contributed by atoms with Gasteiger partial charge in [-0.05, 0) is 83.8 Å². The van der Waals surface area contributed by atoms with E-state index in [4.69, 9.17) is 16.3 Å². The highest BCUT2D eigenvalue weighted by molar-refractivity contribution is 7.99. The number of nitrogens with one attached hydrogen (secondary N) is 2. The lowest BCUT2D eigenvalue weighted by Gasteiger charge is -2.36. The number of alkyl halides is 3. The predicted octanol–water partition coefficient (Wildman–Crippen LogP) is 9.39. The lowest BCUT2D eigenvalue weighted by Crippen LogP contribution is -2.46. The molecule has 8 rings (SSSR count). The van der Waals surface area contributed by atoms with E-state index in [-0.39, 0.29) is 17.5 Å². The lowest BCUT2D eigenvalue weighted by atomic mass is 9.99. The summed E-state index contributed by atoms with van der Waals surface area (Å²) < 4.78 is 79.7. The molecule has 16 heteroatoms. The molecule has 0 bridgehead atoms. The van der Waals surface area contributed by atoms with Crippen LogP contribution in [0.1, 0.15) is 17.5 Å². The molecule has 2 fully saturated rings. The zero-order valence-electron chi connectivity index (χ0n) is 33.9. The molecule has 62 heavy (non-hydrogen) atoms. The first kappa shape index (κ1) is 43.7. The van der Waals surface area contributed by atoms with E-state index in [2.05, 4.69) is 52.9 Å². The number of sulfonamides is 1. The summed E-state index contributed by atoms with van der Waals surface area (Å²) in [5.74, 6) is 0.477. The number of aromatic nitrogens is 2. The third-order valence-corrected chi connectivity index (χ3v) is 13.9. The highest BCUT2D eigenvalue weighted by Crippen LogP contribution is 2.38. The number of rotatable bonds is 15. The van der Waals surface area contributed by atoms with Gasteiger partial charge in [0.2, 0.25) is 0 Å². The van der Waals surface area contributed by atoms with Gasteiger partial charge in [-0.2, -0.15) is 13.2 Å². The van der Waals surface area contributed by atoms with E-state index in [0.29, 0.717) is 53.9 Å². The standard InChI is InChI=1S/C46H47ClF3N7O3S2/c47-35-11-14-40(33-7-3-1-4-8-33)34(27-35)30-56-19-21-57(22-20-56)37-12-15-41-44(28-37)51-32-52-45(41)54-62(58,59)39-13-16-43(42(29-39)46(48,49)50)53-36(17-18-55-23-25-60-26-24-55)31-61-38-9-5-2-6-10-38/h1-16,27-29,32,36,53H,17-26,30-31H2,(H,51,52,54). The van der Waals surface area contributed by atoms with Gasteiger partial charge in [0.25, 0.3) is 10.0 Å². The number of halogens is 4. The molecule has 3 heterocycles. The van der Waals surface area contributed by atoms with Crippen LogP contribution in [0.15, 0.2) is 131 Å². The number of fused-ring (bicyclic) bond motifs is 1. The number of hydrogen-bond acceptors (Lipinski definition) is 10. The molecule has 1 atom stereocenters. The van der Waals surface area contributed by atoms with Gasteiger partial charge >= 0.3 is 6.18 Å². The quantitative estimate of drug-likeness (QED) is 0.0970. The van der Waals surface area contributed by atoms with Gasteiger partial charge in [0.05, 0.1) is 29.2 Å². The Morgan fingerprint density at radius 2 is 1.55 bits per heavy atom. The summed E-state index contributed by atoms with van der Waals surface area (Å²) in [6.45, 7) is 7.31. The second-order valence-corrected chi connectivity index (χ2v) is 18.6. The van der Waals surface area contributed by atoms with Crippen molar-refractivity contribution in [1.29, 1.82) is 0 Å². The van der Waals surface area contributed by atoms with Crippen LogP contribution in [0.4, 0.5) is 30.4 Å². The van der Waals surface area contributed by atoms with E-state index >= 15 is 0 Å². The molecule has 6 aromatic rings. The highest BCUT2D eigenvalue weighted by atomic mass is 35.5. The van der Waals surface area contributed by atoms with Crippen LogP contribution in [0.5, 0.6) is 0 Å². The van der Waals surface area contributed by atoms with Crippen molar-refractivity contribution >= 4 is 61.5 Å². The molecule has 1 aromatic heterocycles. The maximum absolute atomic E-state index is 14.7. The molecule has 2 N–H and O–H groups in total. The van der Waals surface area contributed by atoms with Crippen molar-refractivity contribution in [3.8, 4) is 11.1 Å². The third kappa shape index (κ3) is 11.0. The largest absolute Gasteiger partial charge is 0.418 e. The Morgan fingerprint density at radius 1 is 0.806 bits per heavy atom. The molecular formula is C46H47ClF3N7O3S2. The number of hydrogen-bond donors (Lipinski definition) is 2. The van der Waals surface area contributed by atoms with Crippen molar-refractivity contribution in [3.63, 3.8) is 0 Å². The fourth-order valence-corrected chi connectivity index (χ4v) is 10.1. The number of nitrogens with zero attached hydrogens (tertiary/aromatic N) is 5. The molecule has 0 radical (unpaired) electrons. The fraction of sp³-hybridized carbons (Fsp3) is 0.304. The van der Waals surface area contributed by atoms with Crippen molar-refractivity contribution in [1.82, 2.24) is 19.8 Å². The maximum atomic E-state index is 14.7. The van der Waals surface area contributed by atoms with Crippen LogP contribution < -0.4 is 14.9 Å². The van der Waals surface area contributed by atoms with Crippen LogP contribution in [0.2, 0.25) is 5.02 Å². The molecular weight excluding hydrogens is 855 g/mol. The number of thioether (sulfide) groups is 1. The molecule has 0 saturated carbocycles. The fourth-order valence-electron chi connectivity index (χ4n) is 7.85. The minimum Gasteiger partial charge on any atom is -0.381 e. The summed E-state index contributed by atoms with van der Waals surface area (Å²) in [4.78, 5) is 16.0. The summed E-state index contributed by atoms with van der Waals surface area (Å²) in [5.41, 5.74) is 3.62. The Hall–Kier alpha value is -4.90. The van der Waals surface area contributed by atoms with Gasteiger partial charge in [0, 0.05) is 90.8 Å². The minimum absolute atomic E-state index is 0.0287. The predicted molar refractivity (Wildman–Crippen MR) is 243 cm³/mol. The number of piperazine rings is 1. The third-order valence-electron chi connectivity index (χ3n) is 11.2. The molecule has 2 aliphatic rings. The molecule has 0 amide bonds. The summed E-state index contributed by atoms with van der Waals surface area (Å²) in [5, 5.41) is 4.24. The van der Waals surface area contributed by atoms with E-state index in [9.17, 15) is 21.6 Å². The van der Waals surface area contributed by atoms with Crippen molar-refractivity contribution in [2.24, 2.45) is 0 Å². The lowest BCUT2D eigenvalue weighted by molar-refractivity contribution is -0.137. The Labute approximate surface area is 369 Å². The topological polar surface area (TPSA) is 103 Å². The van der Waals surface area contributed by atoms with Crippen LogP contribution >= 0.6 is 23.4 Å². The van der Waals surface area contributed by atoms with E-state index < -0.39 is 26.7 Å². The highest BCUT2D eigenvalue weighted by Gasteiger charge is 2.36. The van der Waals surface area contributed by atoms with Gasteiger partial charge in [-0.1, -0.05) is 66.2 Å². The van der Waals surface area contributed by atoms with Gasteiger partial charge in [-0.3, -0.25) is 14.5 Å².